The topological polar surface area (TPSA) is 21.6 Å². The number of benzene rings is 1. The van der Waals surface area contributed by atoms with Crippen molar-refractivity contribution in [2.24, 2.45) is 4.99 Å². The molecule has 1 rings (SSSR count). The van der Waals surface area contributed by atoms with Gasteiger partial charge in [0.15, 0.2) is 0 Å². The molecule has 0 spiro atoms. The highest BCUT2D eigenvalue weighted by atomic mass is 16.5. The van der Waals surface area contributed by atoms with Crippen LogP contribution in [0.25, 0.3) is 0 Å². The highest BCUT2D eigenvalue weighted by Crippen LogP contribution is 2.17. The third-order valence-corrected chi connectivity index (χ3v) is 2.01. The molecule has 0 aliphatic rings. The maximum atomic E-state index is 5.08. The fourth-order valence-corrected chi connectivity index (χ4v) is 1.22. The maximum Gasteiger partial charge on any atom is 0.118 e. The molecule has 0 aliphatic carbocycles. The van der Waals surface area contributed by atoms with E-state index in [1.54, 1.807) is 14.2 Å². The number of hydrogen-bond donors (Lipinski definition) is 0. The molecule has 2 heteroatoms. The molecule has 0 saturated heterocycles. The summed E-state index contributed by atoms with van der Waals surface area (Å²) in [6, 6.07) is 8.06. The van der Waals surface area contributed by atoms with Crippen LogP contribution in [-0.4, -0.2) is 20.4 Å². The zero-order chi connectivity index (χ0) is 9.68. The molecule has 0 bridgehead atoms. The number of hydrogen-bond acceptors (Lipinski definition) is 2. The molecule has 0 heterocycles. The summed E-state index contributed by atoms with van der Waals surface area (Å²) >= 11 is 0. The molecular weight excluding hydrogens is 162 g/mol. The molecule has 1 atom stereocenters. The molecule has 1 unspecified atom stereocenters. The van der Waals surface area contributed by atoms with Crippen LogP contribution in [0.15, 0.2) is 29.3 Å². The van der Waals surface area contributed by atoms with Gasteiger partial charge < -0.3 is 9.73 Å². The minimum atomic E-state index is 0.371. The summed E-state index contributed by atoms with van der Waals surface area (Å²) in [6.07, 6.45) is 1.93. The first-order valence-corrected chi connectivity index (χ1v) is 4.34. The van der Waals surface area contributed by atoms with Crippen molar-refractivity contribution < 1.29 is 4.74 Å². The molecule has 0 aromatic heterocycles. The lowest BCUT2D eigenvalue weighted by molar-refractivity contribution is 0.414. The van der Waals surface area contributed by atoms with Crippen LogP contribution in [0.5, 0.6) is 5.75 Å². The average molecular weight is 177 g/mol. The molecule has 0 aliphatic heterocycles. The molecule has 13 heavy (non-hydrogen) atoms. The SMILES string of the molecule is C/N=C/C(C)c1ccc(OC)cc1. The lowest BCUT2D eigenvalue weighted by Gasteiger charge is -2.06. The summed E-state index contributed by atoms with van der Waals surface area (Å²) in [7, 11) is 3.46. The predicted molar refractivity (Wildman–Crippen MR) is 55.8 cm³/mol. The number of methoxy groups -OCH3 is 1. The Morgan fingerprint density at radius 1 is 1.31 bits per heavy atom. The van der Waals surface area contributed by atoms with Gasteiger partial charge in [-0.1, -0.05) is 19.1 Å². The van der Waals surface area contributed by atoms with Crippen molar-refractivity contribution in [3.63, 3.8) is 0 Å². The second-order valence-corrected chi connectivity index (χ2v) is 2.97. The van der Waals surface area contributed by atoms with Gasteiger partial charge in [0.25, 0.3) is 0 Å². The van der Waals surface area contributed by atoms with Crippen LogP contribution >= 0.6 is 0 Å². The second-order valence-electron chi connectivity index (χ2n) is 2.97. The van der Waals surface area contributed by atoms with Crippen LogP contribution in [0, 0.1) is 0 Å². The average Bonchev–Trinajstić information content (AvgIpc) is 2.18. The van der Waals surface area contributed by atoms with Gasteiger partial charge in [0.1, 0.15) is 5.75 Å². The maximum absolute atomic E-state index is 5.08. The van der Waals surface area contributed by atoms with Crippen LogP contribution in [0.4, 0.5) is 0 Å². The molecular formula is C11H15NO. The Balaban J connectivity index is 2.79. The molecule has 0 fully saturated rings. The van der Waals surface area contributed by atoms with Crippen molar-refractivity contribution >= 4 is 6.21 Å². The molecule has 0 saturated carbocycles. The van der Waals surface area contributed by atoms with Gasteiger partial charge in [0.2, 0.25) is 0 Å². The number of ether oxygens (including phenoxy) is 1. The van der Waals surface area contributed by atoms with E-state index < -0.39 is 0 Å². The zero-order valence-electron chi connectivity index (χ0n) is 8.32. The fraction of sp³-hybridized carbons (Fsp3) is 0.364. The molecule has 0 amide bonds. The van der Waals surface area contributed by atoms with E-state index in [0.717, 1.165) is 5.75 Å². The minimum absolute atomic E-state index is 0.371. The Bertz CT molecular complexity index is 277. The largest absolute Gasteiger partial charge is 0.497 e. The van der Waals surface area contributed by atoms with E-state index in [2.05, 4.69) is 24.0 Å². The first kappa shape index (κ1) is 9.78. The van der Waals surface area contributed by atoms with Gasteiger partial charge in [-0.15, -0.1) is 0 Å². The van der Waals surface area contributed by atoms with E-state index in [-0.39, 0.29) is 0 Å². The summed E-state index contributed by atoms with van der Waals surface area (Å²) in [5, 5.41) is 0. The molecule has 0 N–H and O–H groups in total. The van der Waals surface area contributed by atoms with Crippen molar-refractivity contribution in [2.45, 2.75) is 12.8 Å². The smallest absolute Gasteiger partial charge is 0.118 e. The van der Waals surface area contributed by atoms with Gasteiger partial charge in [0.05, 0.1) is 7.11 Å². The summed E-state index contributed by atoms with van der Waals surface area (Å²) in [6.45, 7) is 2.12. The first-order chi connectivity index (χ1) is 6.27. The molecule has 0 radical (unpaired) electrons. The van der Waals surface area contributed by atoms with Gasteiger partial charge in [-0.3, -0.25) is 0 Å². The van der Waals surface area contributed by atoms with Gasteiger partial charge in [0, 0.05) is 19.2 Å². The lowest BCUT2D eigenvalue weighted by atomic mass is 10.0. The van der Waals surface area contributed by atoms with E-state index in [1.807, 2.05) is 18.3 Å². The van der Waals surface area contributed by atoms with Crippen molar-refractivity contribution in [3.8, 4) is 5.75 Å². The second kappa shape index (κ2) is 4.65. The highest BCUT2D eigenvalue weighted by Gasteiger charge is 2.01. The van der Waals surface area contributed by atoms with Gasteiger partial charge in [-0.25, -0.2) is 0 Å². The Labute approximate surface area is 79.3 Å². The predicted octanol–water partition coefficient (Wildman–Crippen LogP) is 2.50. The minimum Gasteiger partial charge on any atom is -0.497 e. The van der Waals surface area contributed by atoms with Crippen LogP contribution in [0.1, 0.15) is 18.4 Å². The number of rotatable bonds is 3. The van der Waals surface area contributed by atoms with E-state index in [4.69, 9.17) is 4.74 Å². The quantitative estimate of drug-likeness (QED) is 0.650. The van der Waals surface area contributed by atoms with Crippen molar-refractivity contribution in [1.82, 2.24) is 0 Å². The molecule has 1 aromatic rings. The van der Waals surface area contributed by atoms with E-state index in [0.29, 0.717) is 5.92 Å². The van der Waals surface area contributed by atoms with Crippen LogP contribution in [-0.2, 0) is 0 Å². The highest BCUT2D eigenvalue weighted by molar-refractivity contribution is 5.67. The standard InChI is InChI=1S/C11H15NO/c1-9(8-12-2)10-4-6-11(13-3)7-5-10/h4-9H,1-3H3/b12-8+. The van der Waals surface area contributed by atoms with Gasteiger partial charge in [-0.05, 0) is 17.7 Å². The molecule has 70 valence electrons. The Kier molecular flexibility index (Phi) is 3.50. The third kappa shape index (κ3) is 2.58. The summed E-state index contributed by atoms with van der Waals surface area (Å²) in [5.74, 6) is 1.26. The van der Waals surface area contributed by atoms with Crippen molar-refractivity contribution in [1.29, 1.82) is 0 Å². The van der Waals surface area contributed by atoms with Crippen molar-refractivity contribution in [3.05, 3.63) is 29.8 Å². The Morgan fingerprint density at radius 2 is 1.92 bits per heavy atom. The fourth-order valence-electron chi connectivity index (χ4n) is 1.22. The van der Waals surface area contributed by atoms with Crippen LogP contribution < -0.4 is 4.74 Å². The van der Waals surface area contributed by atoms with E-state index >= 15 is 0 Å². The molecule has 1 aromatic carbocycles. The first-order valence-electron chi connectivity index (χ1n) is 4.34. The van der Waals surface area contributed by atoms with Crippen LogP contribution in [0.2, 0.25) is 0 Å². The van der Waals surface area contributed by atoms with Crippen LogP contribution in [0.3, 0.4) is 0 Å². The van der Waals surface area contributed by atoms with Crippen molar-refractivity contribution in [2.75, 3.05) is 14.2 Å². The molecule has 2 nitrogen and oxygen atoms in total. The van der Waals surface area contributed by atoms with Gasteiger partial charge in [-0.2, -0.15) is 0 Å². The number of aliphatic imine (C=N–C) groups is 1. The zero-order valence-corrected chi connectivity index (χ0v) is 8.32. The third-order valence-electron chi connectivity index (χ3n) is 2.01. The lowest BCUT2D eigenvalue weighted by Crippen LogP contribution is -1.94. The summed E-state index contributed by atoms with van der Waals surface area (Å²) < 4.78 is 5.08. The number of nitrogens with zero attached hydrogens (tertiary/aromatic N) is 1. The monoisotopic (exact) mass is 177 g/mol. The van der Waals surface area contributed by atoms with E-state index in [9.17, 15) is 0 Å². The van der Waals surface area contributed by atoms with Gasteiger partial charge >= 0.3 is 0 Å². The summed E-state index contributed by atoms with van der Waals surface area (Å²) in [4.78, 5) is 4.00. The Morgan fingerprint density at radius 3 is 2.38 bits per heavy atom. The Hall–Kier alpha value is -1.31. The summed E-state index contributed by atoms with van der Waals surface area (Å²) in [5.41, 5.74) is 1.26. The van der Waals surface area contributed by atoms with E-state index in [1.165, 1.54) is 5.56 Å². The normalized spacial score (nSPS) is 13.2.